The fourth-order valence-corrected chi connectivity index (χ4v) is 1.03. The lowest BCUT2D eigenvalue weighted by molar-refractivity contribution is -0.137. The van der Waals surface area contributed by atoms with Crippen LogP contribution in [0.3, 0.4) is 0 Å². The number of nitrogens with zero attached hydrogens (tertiary/aromatic N) is 4. The molecule has 1 rings (SSSR count). The van der Waals surface area contributed by atoms with Gasteiger partial charge in [-0.2, -0.15) is 0 Å². The number of carbonyl (C=O) groups excluding carboxylic acids is 1. The van der Waals surface area contributed by atoms with Crippen LogP contribution < -0.4 is 0 Å². The Morgan fingerprint density at radius 2 is 2.19 bits per heavy atom. The number of hydrogen-bond acceptors (Lipinski definition) is 4. The number of carboxylic acid groups (broad SMARTS) is 1. The zero-order chi connectivity index (χ0) is 12.3. The minimum Gasteiger partial charge on any atom is -0.480 e. The van der Waals surface area contributed by atoms with Crippen molar-refractivity contribution < 1.29 is 14.7 Å². The molecule has 0 aliphatic rings. The Bertz CT molecular complexity index is 399. The summed E-state index contributed by atoms with van der Waals surface area (Å²) in [5.41, 5.74) is 0.150. The fourth-order valence-electron chi connectivity index (χ4n) is 1.03. The van der Waals surface area contributed by atoms with Crippen LogP contribution in [-0.4, -0.2) is 50.0 Å². The lowest BCUT2D eigenvalue weighted by atomic mass is 10.3. The van der Waals surface area contributed by atoms with Crippen molar-refractivity contribution in [3.05, 3.63) is 11.9 Å². The lowest BCUT2D eigenvalue weighted by Gasteiger charge is -2.19. The van der Waals surface area contributed by atoms with Gasteiger partial charge in [0, 0.05) is 13.1 Å². The summed E-state index contributed by atoms with van der Waals surface area (Å²) in [5, 5.41) is 15.7. The summed E-state index contributed by atoms with van der Waals surface area (Å²) < 4.78 is 1.11. The normalized spacial score (nSPS) is 10.5. The minimum atomic E-state index is -1.03. The van der Waals surface area contributed by atoms with Crippen LogP contribution in [0.4, 0.5) is 0 Å². The molecule has 0 saturated carbocycles. The van der Waals surface area contributed by atoms with Gasteiger partial charge in [-0.25, -0.2) is 4.68 Å². The predicted octanol–water partition coefficient (Wildman–Crippen LogP) is -0.157. The molecule has 1 heterocycles. The van der Waals surface area contributed by atoms with Gasteiger partial charge in [0.1, 0.15) is 6.54 Å². The van der Waals surface area contributed by atoms with Crippen LogP contribution >= 0.6 is 0 Å². The van der Waals surface area contributed by atoms with E-state index in [4.69, 9.17) is 5.11 Å². The molecule has 16 heavy (non-hydrogen) atoms. The van der Waals surface area contributed by atoms with Gasteiger partial charge < -0.3 is 10.0 Å². The SMILES string of the molecule is CC(C)N(C)C(=O)c1cn(CC(=O)O)nn1. The number of amides is 1. The van der Waals surface area contributed by atoms with Gasteiger partial charge in [0.2, 0.25) is 0 Å². The zero-order valence-electron chi connectivity index (χ0n) is 9.41. The fraction of sp³-hybridized carbons (Fsp3) is 0.556. The molecule has 1 aromatic rings. The van der Waals surface area contributed by atoms with Crippen molar-refractivity contribution in [2.75, 3.05) is 7.05 Å². The Kier molecular flexibility index (Phi) is 3.60. The second-order valence-electron chi connectivity index (χ2n) is 3.70. The average Bonchev–Trinajstić information content (AvgIpc) is 2.62. The predicted molar refractivity (Wildman–Crippen MR) is 54.9 cm³/mol. The van der Waals surface area contributed by atoms with Gasteiger partial charge in [-0.15, -0.1) is 5.10 Å². The van der Waals surface area contributed by atoms with E-state index in [-0.39, 0.29) is 24.2 Å². The van der Waals surface area contributed by atoms with E-state index in [9.17, 15) is 9.59 Å². The van der Waals surface area contributed by atoms with Gasteiger partial charge in [-0.05, 0) is 13.8 Å². The summed E-state index contributed by atoms with van der Waals surface area (Å²) in [7, 11) is 1.66. The highest BCUT2D eigenvalue weighted by Gasteiger charge is 2.18. The van der Waals surface area contributed by atoms with Gasteiger partial charge in [0.05, 0.1) is 6.20 Å². The van der Waals surface area contributed by atoms with Gasteiger partial charge in [0.15, 0.2) is 5.69 Å². The third-order valence-corrected chi connectivity index (χ3v) is 2.15. The Labute approximate surface area is 92.7 Å². The van der Waals surface area contributed by atoms with E-state index in [0.717, 1.165) is 4.68 Å². The smallest absolute Gasteiger partial charge is 0.325 e. The van der Waals surface area contributed by atoms with Crippen LogP contribution in [0.15, 0.2) is 6.20 Å². The van der Waals surface area contributed by atoms with E-state index in [1.165, 1.54) is 11.1 Å². The molecule has 0 aliphatic heterocycles. The van der Waals surface area contributed by atoms with Crippen molar-refractivity contribution in [2.45, 2.75) is 26.4 Å². The molecule has 0 aliphatic carbocycles. The summed E-state index contributed by atoms with van der Waals surface area (Å²) in [6.07, 6.45) is 1.33. The number of carbonyl (C=O) groups is 2. The lowest BCUT2D eigenvalue weighted by Crippen LogP contribution is -2.33. The number of hydrogen-bond donors (Lipinski definition) is 1. The Balaban J connectivity index is 2.78. The van der Waals surface area contributed by atoms with Crippen molar-refractivity contribution in [1.29, 1.82) is 0 Å². The highest BCUT2D eigenvalue weighted by molar-refractivity contribution is 5.91. The Morgan fingerprint density at radius 1 is 1.56 bits per heavy atom. The molecular weight excluding hydrogens is 212 g/mol. The van der Waals surface area contributed by atoms with Gasteiger partial charge in [-0.1, -0.05) is 5.21 Å². The Hall–Kier alpha value is -1.92. The molecular formula is C9H14N4O3. The molecule has 0 unspecified atom stereocenters. The second kappa shape index (κ2) is 4.73. The topological polar surface area (TPSA) is 88.3 Å². The molecule has 0 saturated heterocycles. The van der Waals surface area contributed by atoms with Crippen LogP contribution in [0.5, 0.6) is 0 Å². The van der Waals surface area contributed by atoms with Crippen molar-refractivity contribution >= 4 is 11.9 Å². The summed E-state index contributed by atoms with van der Waals surface area (Å²) in [5.74, 6) is -1.30. The van der Waals surface area contributed by atoms with Gasteiger partial charge >= 0.3 is 5.97 Å². The number of aromatic nitrogens is 3. The zero-order valence-corrected chi connectivity index (χ0v) is 9.41. The van der Waals surface area contributed by atoms with Gasteiger partial charge in [0.25, 0.3) is 5.91 Å². The quantitative estimate of drug-likeness (QED) is 0.770. The van der Waals surface area contributed by atoms with Crippen molar-refractivity contribution in [3.8, 4) is 0 Å². The highest BCUT2D eigenvalue weighted by atomic mass is 16.4. The monoisotopic (exact) mass is 226 g/mol. The molecule has 1 N–H and O–H groups in total. The molecule has 1 amide bonds. The maximum atomic E-state index is 11.7. The van der Waals surface area contributed by atoms with Crippen LogP contribution in [0.25, 0.3) is 0 Å². The molecule has 0 aromatic carbocycles. The van der Waals surface area contributed by atoms with Crippen LogP contribution in [-0.2, 0) is 11.3 Å². The van der Waals surface area contributed by atoms with Crippen molar-refractivity contribution in [1.82, 2.24) is 19.9 Å². The van der Waals surface area contributed by atoms with E-state index in [2.05, 4.69) is 10.3 Å². The van der Waals surface area contributed by atoms with E-state index >= 15 is 0 Å². The molecule has 1 aromatic heterocycles. The minimum absolute atomic E-state index is 0.0529. The molecule has 0 spiro atoms. The standard InChI is InChI=1S/C9H14N4O3/c1-6(2)12(3)9(16)7-4-13(11-10-7)5-8(14)15/h4,6H,5H2,1-3H3,(H,14,15). The highest BCUT2D eigenvalue weighted by Crippen LogP contribution is 2.02. The first kappa shape index (κ1) is 12.2. The van der Waals surface area contributed by atoms with E-state index in [1.807, 2.05) is 13.8 Å². The second-order valence-corrected chi connectivity index (χ2v) is 3.70. The Morgan fingerprint density at radius 3 is 2.69 bits per heavy atom. The molecule has 0 fully saturated rings. The van der Waals surface area contributed by atoms with Crippen molar-refractivity contribution in [2.24, 2.45) is 0 Å². The molecule has 88 valence electrons. The third kappa shape index (κ3) is 2.78. The molecule has 7 heteroatoms. The van der Waals surface area contributed by atoms with E-state index in [0.29, 0.717) is 0 Å². The van der Waals surface area contributed by atoms with Crippen LogP contribution in [0.2, 0.25) is 0 Å². The first-order valence-corrected chi connectivity index (χ1v) is 4.81. The molecule has 0 radical (unpaired) electrons. The summed E-state index contributed by atoms with van der Waals surface area (Å²) in [6.45, 7) is 3.45. The third-order valence-electron chi connectivity index (χ3n) is 2.15. The van der Waals surface area contributed by atoms with Crippen LogP contribution in [0.1, 0.15) is 24.3 Å². The average molecular weight is 226 g/mol. The number of rotatable bonds is 4. The van der Waals surface area contributed by atoms with E-state index < -0.39 is 5.97 Å². The van der Waals surface area contributed by atoms with Gasteiger partial charge in [-0.3, -0.25) is 9.59 Å². The number of aliphatic carboxylic acids is 1. The molecule has 0 atom stereocenters. The summed E-state index contributed by atoms with van der Waals surface area (Å²) in [4.78, 5) is 23.7. The maximum Gasteiger partial charge on any atom is 0.325 e. The number of carboxylic acids is 1. The van der Waals surface area contributed by atoms with Crippen LogP contribution in [0, 0.1) is 0 Å². The summed E-state index contributed by atoms with van der Waals surface area (Å²) >= 11 is 0. The maximum absolute atomic E-state index is 11.7. The largest absolute Gasteiger partial charge is 0.480 e. The van der Waals surface area contributed by atoms with E-state index in [1.54, 1.807) is 7.05 Å². The first-order valence-electron chi connectivity index (χ1n) is 4.81. The molecule has 0 bridgehead atoms. The van der Waals surface area contributed by atoms with Crippen molar-refractivity contribution in [3.63, 3.8) is 0 Å². The molecule has 7 nitrogen and oxygen atoms in total. The summed E-state index contributed by atoms with van der Waals surface area (Å²) in [6, 6.07) is 0.0529. The first-order chi connectivity index (χ1) is 7.41.